The van der Waals surface area contributed by atoms with E-state index in [1.165, 1.54) is 6.33 Å². The minimum atomic E-state index is -0.800. The van der Waals surface area contributed by atoms with Crippen LogP contribution in [0.2, 0.25) is 0 Å². The first-order valence-corrected chi connectivity index (χ1v) is 3.89. The van der Waals surface area contributed by atoms with E-state index in [4.69, 9.17) is 5.73 Å². The van der Waals surface area contributed by atoms with E-state index in [-0.39, 0.29) is 6.54 Å². The summed E-state index contributed by atoms with van der Waals surface area (Å²) in [5, 5.41) is 13.4. The normalized spacial score (nSPS) is 15.9. The third-order valence-corrected chi connectivity index (χ3v) is 1.79. The molecular weight excluding hydrogens is 156 g/mol. The summed E-state index contributed by atoms with van der Waals surface area (Å²) in [6, 6.07) is 0. The number of nitrogens with two attached hydrogens (primary N) is 1. The molecule has 0 radical (unpaired) electrons. The first-order valence-electron chi connectivity index (χ1n) is 3.89. The molecule has 1 unspecified atom stereocenters. The van der Waals surface area contributed by atoms with Crippen LogP contribution in [0.1, 0.15) is 13.3 Å². The van der Waals surface area contributed by atoms with Crippen LogP contribution >= 0.6 is 0 Å². The van der Waals surface area contributed by atoms with Gasteiger partial charge in [-0.25, -0.2) is 4.98 Å². The Morgan fingerprint density at radius 1 is 1.67 bits per heavy atom. The van der Waals surface area contributed by atoms with Crippen LogP contribution in [0.15, 0.2) is 12.7 Å². The summed E-state index contributed by atoms with van der Waals surface area (Å²) in [5.74, 6) is 0. The molecule has 0 amide bonds. The molecule has 0 saturated heterocycles. The Bertz CT molecular complexity index is 219. The lowest BCUT2D eigenvalue weighted by molar-refractivity contribution is 0.0543. The highest BCUT2D eigenvalue weighted by molar-refractivity contribution is 4.73. The zero-order valence-electron chi connectivity index (χ0n) is 7.14. The Balaban J connectivity index is 2.36. The number of hydrogen-bond donors (Lipinski definition) is 2. The number of aromatic nitrogens is 3. The van der Waals surface area contributed by atoms with Crippen LogP contribution in [0.5, 0.6) is 0 Å². The molecule has 3 N–H and O–H groups in total. The SMILES string of the molecule is CC(O)(CN)CCn1cncn1. The molecule has 1 aromatic rings. The van der Waals surface area contributed by atoms with E-state index in [9.17, 15) is 5.11 Å². The molecule has 5 heteroatoms. The largest absolute Gasteiger partial charge is 0.389 e. The molecule has 1 rings (SSSR count). The van der Waals surface area contributed by atoms with Gasteiger partial charge in [-0.1, -0.05) is 0 Å². The quantitative estimate of drug-likeness (QED) is 0.631. The van der Waals surface area contributed by atoms with E-state index in [0.29, 0.717) is 13.0 Å². The summed E-state index contributed by atoms with van der Waals surface area (Å²) in [6.07, 6.45) is 3.68. The van der Waals surface area contributed by atoms with Crippen molar-refractivity contribution in [2.75, 3.05) is 6.54 Å². The molecule has 0 aliphatic carbocycles. The van der Waals surface area contributed by atoms with Crippen molar-refractivity contribution in [2.24, 2.45) is 5.73 Å². The van der Waals surface area contributed by atoms with E-state index in [1.807, 2.05) is 0 Å². The van der Waals surface area contributed by atoms with Gasteiger partial charge in [-0.3, -0.25) is 4.68 Å². The average molecular weight is 170 g/mol. The molecule has 12 heavy (non-hydrogen) atoms. The highest BCUT2D eigenvalue weighted by Crippen LogP contribution is 2.07. The van der Waals surface area contributed by atoms with Crippen LogP contribution in [0.4, 0.5) is 0 Å². The minimum absolute atomic E-state index is 0.266. The number of hydrogen-bond acceptors (Lipinski definition) is 4. The highest BCUT2D eigenvalue weighted by Gasteiger charge is 2.17. The van der Waals surface area contributed by atoms with Crippen molar-refractivity contribution in [3.05, 3.63) is 12.7 Å². The summed E-state index contributed by atoms with van der Waals surface area (Å²) < 4.78 is 1.67. The zero-order valence-corrected chi connectivity index (χ0v) is 7.14. The first kappa shape index (κ1) is 9.15. The lowest BCUT2D eigenvalue weighted by Gasteiger charge is -2.20. The Hall–Kier alpha value is -0.940. The van der Waals surface area contributed by atoms with Gasteiger partial charge in [0.2, 0.25) is 0 Å². The van der Waals surface area contributed by atoms with Crippen molar-refractivity contribution in [1.82, 2.24) is 14.8 Å². The molecule has 1 aromatic heterocycles. The summed E-state index contributed by atoms with van der Waals surface area (Å²) in [6.45, 7) is 2.62. The molecule has 0 fully saturated rings. The fourth-order valence-corrected chi connectivity index (χ4v) is 0.806. The lowest BCUT2D eigenvalue weighted by atomic mass is 10.0. The Kier molecular flexibility index (Phi) is 2.78. The van der Waals surface area contributed by atoms with E-state index in [0.717, 1.165) is 0 Å². The standard InChI is InChI=1S/C7H14N4O/c1-7(12,4-8)2-3-11-6-9-5-10-11/h5-6,12H,2-4,8H2,1H3. The number of aliphatic hydroxyl groups is 1. The fraction of sp³-hybridized carbons (Fsp3) is 0.714. The van der Waals surface area contributed by atoms with Gasteiger partial charge in [0, 0.05) is 13.1 Å². The Morgan fingerprint density at radius 3 is 2.92 bits per heavy atom. The summed E-state index contributed by atoms with van der Waals surface area (Å²) in [5.41, 5.74) is 4.55. The zero-order chi connectivity index (χ0) is 9.03. The molecule has 0 spiro atoms. The topological polar surface area (TPSA) is 77.0 Å². The van der Waals surface area contributed by atoms with E-state index in [2.05, 4.69) is 10.1 Å². The smallest absolute Gasteiger partial charge is 0.137 e. The van der Waals surface area contributed by atoms with E-state index < -0.39 is 5.60 Å². The van der Waals surface area contributed by atoms with Crippen molar-refractivity contribution < 1.29 is 5.11 Å². The van der Waals surface area contributed by atoms with Crippen molar-refractivity contribution in [2.45, 2.75) is 25.5 Å². The van der Waals surface area contributed by atoms with E-state index >= 15 is 0 Å². The van der Waals surface area contributed by atoms with Crippen molar-refractivity contribution in [1.29, 1.82) is 0 Å². The van der Waals surface area contributed by atoms with Crippen molar-refractivity contribution >= 4 is 0 Å². The summed E-state index contributed by atoms with van der Waals surface area (Å²) >= 11 is 0. The van der Waals surface area contributed by atoms with Crippen LogP contribution in [0.25, 0.3) is 0 Å². The Morgan fingerprint density at radius 2 is 2.42 bits per heavy atom. The van der Waals surface area contributed by atoms with Crippen molar-refractivity contribution in [3.8, 4) is 0 Å². The highest BCUT2D eigenvalue weighted by atomic mass is 16.3. The maximum atomic E-state index is 9.54. The molecule has 0 bridgehead atoms. The van der Waals surface area contributed by atoms with Gasteiger partial charge in [0.15, 0.2) is 0 Å². The average Bonchev–Trinajstić information content (AvgIpc) is 2.53. The maximum Gasteiger partial charge on any atom is 0.137 e. The van der Waals surface area contributed by atoms with Gasteiger partial charge in [-0.15, -0.1) is 0 Å². The van der Waals surface area contributed by atoms with Crippen LogP contribution in [-0.4, -0.2) is 32.0 Å². The monoisotopic (exact) mass is 170 g/mol. The molecule has 0 aliphatic heterocycles. The predicted octanol–water partition coefficient (Wildman–Crippen LogP) is -0.622. The van der Waals surface area contributed by atoms with Gasteiger partial charge < -0.3 is 10.8 Å². The molecular formula is C7H14N4O. The summed E-state index contributed by atoms with van der Waals surface area (Å²) in [7, 11) is 0. The lowest BCUT2D eigenvalue weighted by Crippen LogP contribution is -2.35. The molecule has 68 valence electrons. The predicted molar refractivity (Wildman–Crippen MR) is 44.3 cm³/mol. The molecule has 0 aromatic carbocycles. The third-order valence-electron chi connectivity index (χ3n) is 1.79. The van der Waals surface area contributed by atoms with Gasteiger partial charge in [0.05, 0.1) is 5.60 Å². The van der Waals surface area contributed by atoms with Gasteiger partial charge >= 0.3 is 0 Å². The molecule has 5 nitrogen and oxygen atoms in total. The van der Waals surface area contributed by atoms with Crippen LogP contribution < -0.4 is 5.73 Å². The number of aryl methyl sites for hydroxylation is 1. The number of rotatable bonds is 4. The molecule has 0 aliphatic rings. The Labute approximate surface area is 71.2 Å². The van der Waals surface area contributed by atoms with Gasteiger partial charge in [0.25, 0.3) is 0 Å². The molecule has 1 heterocycles. The maximum absolute atomic E-state index is 9.54. The second-order valence-corrected chi connectivity index (χ2v) is 3.11. The second-order valence-electron chi connectivity index (χ2n) is 3.11. The van der Waals surface area contributed by atoms with Crippen LogP contribution in [0.3, 0.4) is 0 Å². The van der Waals surface area contributed by atoms with Gasteiger partial charge in [0.1, 0.15) is 12.7 Å². The summed E-state index contributed by atoms with van der Waals surface area (Å²) in [4.78, 5) is 3.79. The molecule has 0 saturated carbocycles. The third kappa shape index (κ3) is 2.60. The van der Waals surface area contributed by atoms with Crippen LogP contribution in [-0.2, 0) is 6.54 Å². The fourth-order valence-electron chi connectivity index (χ4n) is 0.806. The minimum Gasteiger partial charge on any atom is -0.389 e. The van der Waals surface area contributed by atoms with Crippen molar-refractivity contribution in [3.63, 3.8) is 0 Å². The van der Waals surface area contributed by atoms with Gasteiger partial charge in [-0.2, -0.15) is 5.10 Å². The van der Waals surface area contributed by atoms with E-state index in [1.54, 1.807) is 17.9 Å². The molecule has 1 atom stereocenters. The number of nitrogens with zero attached hydrogens (tertiary/aromatic N) is 3. The van der Waals surface area contributed by atoms with Gasteiger partial charge in [-0.05, 0) is 13.3 Å². The van der Waals surface area contributed by atoms with Crippen LogP contribution in [0, 0.1) is 0 Å². The second kappa shape index (κ2) is 3.64. The first-order chi connectivity index (χ1) is 5.64.